The van der Waals surface area contributed by atoms with Gasteiger partial charge in [-0.25, -0.2) is 0 Å². The Kier molecular flexibility index (Phi) is 6.41. The molecule has 1 aromatic carbocycles. The first-order chi connectivity index (χ1) is 14.1. The summed E-state index contributed by atoms with van der Waals surface area (Å²) >= 11 is 0. The van der Waals surface area contributed by atoms with Crippen molar-refractivity contribution in [3.8, 4) is 0 Å². The Balaban J connectivity index is 1.20. The van der Waals surface area contributed by atoms with Gasteiger partial charge in [0.15, 0.2) is 0 Å². The number of hydrogen-bond donors (Lipinski definition) is 3. The number of benzene rings is 1. The maximum Gasteiger partial charge on any atom is 0.310 e. The van der Waals surface area contributed by atoms with Gasteiger partial charge in [-0.1, -0.05) is 55.3 Å². The predicted octanol–water partition coefficient (Wildman–Crippen LogP) is 4.61. The Morgan fingerprint density at radius 2 is 1.83 bits per heavy atom. The molecule has 0 spiro atoms. The van der Waals surface area contributed by atoms with Crippen LogP contribution in [0.4, 0.5) is 0 Å². The normalized spacial score (nSPS) is 31.1. The van der Waals surface area contributed by atoms with Crippen molar-refractivity contribution in [1.29, 1.82) is 0 Å². The van der Waals surface area contributed by atoms with Crippen molar-refractivity contribution >= 4 is 12.0 Å². The molecule has 3 aliphatic rings. The lowest BCUT2D eigenvalue weighted by Gasteiger charge is -2.40. The van der Waals surface area contributed by atoms with E-state index in [9.17, 15) is 9.90 Å². The van der Waals surface area contributed by atoms with Gasteiger partial charge in [0, 0.05) is 24.7 Å². The van der Waals surface area contributed by atoms with Crippen molar-refractivity contribution in [2.75, 3.05) is 6.54 Å². The van der Waals surface area contributed by atoms with Crippen LogP contribution in [0.3, 0.4) is 0 Å². The standard InChI is InChI=1S/C25H36N2O2/c1-2-19(15-18-7-4-3-5-8-18)22-16-23(22)27-21-11-9-20(10-12-21)26-17-25(24(28)29)13-6-14-25/h3-5,7-8,15,20-23,26-27H,2,6,9-14,16-17H2,1H3,(H,28,29)/b19-15+. The minimum absolute atomic E-state index is 0.474. The largest absolute Gasteiger partial charge is 0.481 e. The summed E-state index contributed by atoms with van der Waals surface area (Å²) in [5.41, 5.74) is 2.41. The van der Waals surface area contributed by atoms with Crippen LogP contribution in [0.5, 0.6) is 0 Å². The lowest BCUT2D eigenvalue weighted by molar-refractivity contribution is -0.154. The van der Waals surface area contributed by atoms with Crippen molar-refractivity contribution in [2.45, 2.75) is 82.8 Å². The van der Waals surface area contributed by atoms with Crippen LogP contribution in [0.1, 0.15) is 70.3 Å². The summed E-state index contributed by atoms with van der Waals surface area (Å²) in [7, 11) is 0. The minimum atomic E-state index is -0.610. The zero-order valence-corrected chi connectivity index (χ0v) is 17.7. The van der Waals surface area contributed by atoms with E-state index < -0.39 is 11.4 Å². The van der Waals surface area contributed by atoms with Crippen molar-refractivity contribution in [3.63, 3.8) is 0 Å². The highest BCUT2D eigenvalue weighted by molar-refractivity contribution is 5.76. The van der Waals surface area contributed by atoms with Crippen molar-refractivity contribution < 1.29 is 9.90 Å². The minimum Gasteiger partial charge on any atom is -0.481 e. The molecule has 3 fully saturated rings. The zero-order chi connectivity index (χ0) is 20.3. The average Bonchev–Trinajstić information content (AvgIpc) is 3.46. The van der Waals surface area contributed by atoms with Crippen molar-refractivity contribution in [1.82, 2.24) is 10.6 Å². The van der Waals surface area contributed by atoms with E-state index in [-0.39, 0.29) is 0 Å². The van der Waals surface area contributed by atoms with Crippen LogP contribution < -0.4 is 10.6 Å². The van der Waals surface area contributed by atoms with E-state index in [4.69, 9.17) is 0 Å². The van der Waals surface area contributed by atoms with Gasteiger partial charge in [0.2, 0.25) is 0 Å². The first-order valence-electron chi connectivity index (χ1n) is 11.6. The molecule has 0 bridgehead atoms. The zero-order valence-electron chi connectivity index (χ0n) is 17.7. The van der Waals surface area contributed by atoms with Gasteiger partial charge in [-0.3, -0.25) is 4.79 Å². The van der Waals surface area contributed by atoms with Gasteiger partial charge in [-0.05, 0) is 62.8 Å². The second kappa shape index (κ2) is 9.01. The van der Waals surface area contributed by atoms with Gasteiger partial charge in [0.1, 0.15) is 0 Å². The van der Waals surface area contributed by atoms with Gasteiger partial charge in [0.05, 0.1) is 5.41 Å². The summed E-state index contributed by atoms with van der Waals surface area (Å²) in [5.74, 6) is 0.0896. The highest BCUT2D eigenvalue weighted by Crippen LogP contribution is 2.42. The molecule has 0 amide bonds. The lowest BCUT2D eigenvalue weighted by Crippen LogP contribution is -2.50. The summed E-state index contributed by atoms with van der Waals surface area (Å²) in [5, 5.41) is 17.0. The molecule has 4 heteroatoms. The molecule has 3 aliphatic carbocycles. The number of hydrogen-bond acceptors (Lipinski definition) is 3. The summed E-state index contributed by atoms with van der Waals surface area (Å²) < 4.78 is 0. The summed E-state index contributed by atoms with van der Waals surface area (Å²) in [4.78, 5) is 11.5. The van der Waals surface area contributed by atoms with Crippen LogP contribution in [0.15, 0.2) is 35.9 Å². The Morgan fingerprint density at radius 3 is 2.41 bits per heavy atom. The molecule has 0 heterocycles. The molecule has 3 saturated carbocycles. The number of carboxylic acid groups (broad SMARTS) is 1. The van der Waals surface area contributed by atoms with Gasteiger partial charge in [-0.2, -0.15) is 0 Å². The topological polar surface area (TPSA) is 61.4 Å². The van der Waals surface area contributed by atoms with Crippen LogP contribution in [0.2, 0.25) is 0 Å². The number of carbonyl (C=O) groups is 1. The third-order valence-electron chi connectivity index (χ3n) is 7.50. The maximum atomic E-state index is 11.5. The summed E-state index contributed by atoms with van der Waals surface area (Å²) in [6.45, 7) is 2.92. The van der Waals surface area contributed by atoms with E-state index >= 15 is 0 Å². The molecule has 0 aromatic heterocycles. The third kappa shape index (κ3) is 4.92. The monoisotopic (exact) mass is 396 g/mol. The predicted molar refractivity (Wildman–Crippen MR) is 118 cm³/mol. The molecule has 1 aromatic rings. The van der Waals surface area contributed by atoms with Crippen molar-refractivity contribution in [2.24, 2.45) is 11.3 Å². The Bertz CT molecular complexity index is 718. The Morgan fingerprint density at radius 1 is 1.14 bits per heavy atom. The maximum absolute atomic E-state index is 11.5. The summed E-state index contributed by atoms with van der Waals surface area (Å²) in [6, 6.07) is 12.4. The van der Waals surface area contributed by atoms with Gasteiger partial charge in [0.25, 0.3) is 0 Å². The second-order valence-corrected chi connectivity index (χ2v) is 9.47. The van der Waals surface area contributed by atoms with E-state index in [1.807, 2.05) is 0 Å². The smallest absolute Gasteiger partial charge is 0.310 e. The van der Waals surface area contributed by atoms with Gasteiger partial charge < -0.3 is 15.7 Å². The number of aliphatic carboxylic acids is 1. The van der Waals surface area contributed by atoms with Crippen LogP contribution in [-0.4, -0.2) is 35.7 Å². The highest BCUT2D eigenvalue weighted by atomic mass is 16.4. The molecule has 0 aliphatic heterocycles. The number of nitrogens with one attached hydrogen (secondary N) is 2. The molecule has 4 rings (SSSR count). The number of carboxylic acids is 1. The molecule has 29 heavy (non-hydrogen) atoms. The molecule has 4 nitrogen and oxygen atoms in total. The molecular formula is C25H36N2O2. The summed E-state index contributed by atoms with van der Waals surface area (Å²) in [6.07, 6.45) is 12.2. The fourth-order valence-corrected chi connectivity index (χ4v) is 5.20. The Labute approximate surface area is 175 Å². The van der Waals surface area contributed by atoms with Gasteiger partial charge >= 0.3 is 5.97 Å². The molecular weight excluding hydrogens is 360 g/mol. The molecule has 2 atom stereocenters. The van der Waals surface area contributed by atoms with Crippen molar-refractivity contribution in [3.05, 3.63) is 41.5 Å². The van der Waals surface area contributed by atoms with E-state index in [2.05, 4.69) is 54.0 Å². The molecule has 3 N–H and O–H groups in total. The lowest BCUT2D eigenvalue weighted by atomic mass is 9.68. The van der Waals surface area contributed by atoms with Crippen LogP contribution in [-0.2, 0) is 4.79 Å². The fourth-order valence-electron chi connectivity index (χ4n) is 5.20. The SMILES string of the molecule is CC/C(=C\c1ccccc1)C1CC1NC1CCC(NCC2(C(=O)O)CCC2)CC1. The number of rotatable bonds is 9. The highest BCUT2D eigenvalue weighted by Gasteiger charge is 2.44. The van der Waals surface area contributed by atoms with Gasteiger partial charge in [-0.15, -0.1) is 0 Å². The molecule has 158 valence electrons. The first kappa shape index (κ1) is 20.6. The van der Waals surface area contributed by atoms with E-state index in [1.165, 1.54) is 24.8 Å². The van der Waals surface area contributed by atoms with Crippen LogP contribution in [0.25, 0.3) is 6.08 Å². The molecule has 0 radical (unpaired) electrons. The van der Waals surface area contributed by atoms with E-state index in [0.717, 1.165) is 38.5 Å². The Hall–Kier alpha value is -1.65. The average molecular weight is 397 g/mol. The van der Waals surface area contributed by atoms with E-state index in [1.54, 1.807) is 5.57 Å². The quantitative estimate of drug-likeness (QED) is 0.570. The molecule has 2 unspecified atom stereocenters. The van der Waals surface area contributed by atoms with Crippen LogP contribution in [0, 0.1) is 11.3 Å². The fraction of sp³-hybridized carbons (Fsp3) is 0.640. The second-order valence-electron chi connectivity index (χ2n) is 9.47. The first-order valence-corrected chi connectivity index (χ1v) is 11.6. The third-order valence-corrected chi connectivity index (χ3v) is 7.50. The van der Waals surface area contributed by atoms with Crippen LogP contribution >= 0.6 is 0 Å². The molecule has 0 saturated heterocycles. The van der Waals surface area contributed by atoms with E-state index in [0.29, 0.717) is 30.6 Å².